The molecule has 0 spiro atoms. The van der Waals surface area contributed by atoms with Gasteiger partial charge in [0, 0.05) is 36.6 Å². The van der Waals surface area contributed by atoms with Gasteiger partial charge in [0.2, 0.25) is 0 Å². The minimum atomic E-state index is -0.923. The molecule has 0 saturated carbocycles. The second-order valence-corrected chi connectivity index (χ2v) is 11.1. The van der Waals surface area contributed by atoms with Crippen molar-refractivity contribution in [1.82, 2.24) is 24.8 Å². The van der Waals surface area contributed by atoms with Gasteiger partial charge in [-0.1, -0.05) is 36.4 Å². The fraction of sp³-hybridized carbons (Fsp3) is 0.382. The first-order valence-electron chi connectivity index (χ1n) is 15.4. The molecule has 0 bridgehead atoms. The van der Waals surface area contributed by atoms with E-state index in [1.807, 2.05) is 49.4 Å². The van der Waals surface area contributed by atoms with Crippen molar-refractivity contribution in [3.05, 3.63) is 90.1 Å². The number of carbonyl (C=O) groups is 1. The van der Waals surface area contributed by atoms with Crippen LogP contribution in [0.15, 0.2) is 73.2 Å². The Morgan fingerprint density at radius 1 is 1.00 bits per heavy atom. The normalized spacial score (nSPS) is 13.1. The largest absolute Gasteiger partial charge is 0.491 e. The number of aliphatic carboxylic acids is 1. The summed E-state index contributed by atoms with van der Waals surface area (Å²) in [5.41, 5.74) is 5.04. The predicted octanol–water partition coefficient (Wildman–Crippen LogP) is 5.26. The number of nitrogens with zero attached hydrogens (tertiary/aromatic N) is 5. The Kier molecular flexibility index (Phi) is 11.1. The van der Waals surface area contributed by atoms with Gasteiger partial charge in [0.25, 0.3) is 0 Å². The molecule has 10 nitrogen and oxygen atoms in total. The van der Waals surface area contributed by atoms with Crippen molar-refractivity contribution in [1.29, 1.82) is 0 Å². The number of ether oxygens (including phenoxy) is 1. The van der Waals surface area contributed by atoms with Crippen LogP contribution in [0.3, 0.4) is 0 Å². The molecule has 10 heteroatoms. The molecule has 0 saturated heterocycles. The van der Waals surface area contributed by atoms with Crippen molar-refractivity contribution in [3.8, 4) is 17.0 Å². The van der Waals surface area contributed by atoms with Crippen LogP contribution in [0.25, 0.3) is 11.3 Å². The summed E-state index contributed by atoms with van der Waals surface area (Å²) < 4.78 is 5.95. The number of aryl methyl sites for hydroxylation is 3. The van der Waals surface area contributed by atoms with Gasteiger partial charge in [-0.2, -0.15) is 0 Å². The number of carboxylic acid groups (broad SMARTS) is 1. The maximum absolute atomic E-state index is 12.2. The minimum Gasteiger partial charge on any atom is -0.491 e. The van der Waals surface area contributed by atoms with Crippen LogP contribution in [-0.2, 0) is 17.6 Å². The molecule has 4 aromatic rings. The van der Waals surface area contributed by atoms with Gasteiger partial charge in [0.05, 0.1) is 24.3 Å². The molecule has 3 N–H and O–H groups in total. The highest BCUT2D eigenvalue weighted by atomic mass is 16.5. The Balaban J connectivity index is 1.15. The van der Waals surface area contributed by atoms with Crippen LogP contribution < -0.4 is 15.4 Å². The van der Waals surface area contributed by atoms with Gasteiger partial charge in [-0.15, -0.1) is 0 Å². The number of carboxylic acids is 1. The molecule has 1 atom stereocenters. The fourth-order valence-electron chi connectivity index (χ4n) is 5.23. The van der Waals surface area contributed by atoms with Crippen LogP contribution in [0.2, 0.25) is 0 Å². The Hall–Kier alpha value is -4.57. The lowest BCUT2D eigenvalue weighted by molar-refractivity contribution is -0.138. The standard InChI is InChI=1S/C34H41N7O3/c1-25-12-15-29(22-36-25)44-21-20-41(18-6-5-11-28-14-13-27-10-7-17-35-33(27)39-28)19-16-30(34(42)43)40-32-24-37-31(23-38-32)26-8-3-2-4-9-26/h2-4,8-9,12-15,22-24,30H,5-7,10-11,16-21H2,1H3,(H,35,39)(H,38,40)(H,42,43)/t30-/m0/s1. The predicted molar refractivity (Wildman–Crippen MR) is 172 cm³/mol. The molecule has 3 aromatic heterocycles. The number of aromatic nitrogens is 4. The third-order valence-electron chi connectivity index (χ3n) is 7.75. The summed E-state index contributed by atoms with van der Waals surface area (Å²) in [5, 5.41) is 16.5. The van der Waals surface area contributed by atoms with Gasteiger partial charge in [-0.05, 0) is 75.8 Å². The maximum atomic E-state index is 12.2. The van der Waals surface area contributed by atoms with Crippen molar-refractivity contribution in [2.24, 2.45) is 0 Å². The molecule has 0 radical (unpaired) electrons. The van der Waals surface area contributed by atoms with Crippen molar-refractivity contribution in [3.63, 3.8) is 0 Å². The lowest BCUT2D eigenvalue weighted by Gasteiger charge is -2.24. The first-order chi connectivity index (χ1) is 21.5. The molecule has 1 aliphatic rings. The number of rotatable bonds is 16. The number of benzene rings is 1. The molecule has 0 amide bonds. The van der Waals surface area contributed by atoms with Crippen LogP contribution in [0, 0.1) is 6.92 Å². The average Bonchev–Trinajstić information content (AvgIpc) is 3.06. The molecule has 0 unspecified atom stereocenters. The van der Waals surface area contributed by atoms with E-state index in [-0.39, 0.29) is 0 Å². The lowest BCUT2D eigenvalue weighted by atomic mass is 10.1. The smallest absolute Gasteiger partial charge is 0.326 e. The SMILES string of the molecule is Cc1ccc(OCCN(CCCCc2ccc3c(n2)NCCC3)CC[C@H](Nc2cnc(-c3ccccc3)cn2)C(=O)O)cn1. The van der Waals surface area contributed by atoms with Crippen LogP contribution in [0.5, 0.6) is 5.75 Å². The highest BCUT2D eigenvalue weighted by Crippen LogP contribution is 2.21. The number of nitrogens with one attached hydrogen (secondary N) is 2. The molecule has 4 heterocycles. The second-order valence-electron chi connectivity index (χ2n) is 11.1. The van der Waals surface area contributed by atoms with Crippen molar-refractivity contribution in [2.75, 3.05) is 43.4 Å². The Morgan fingerprint density at radius 2 is 1.89 bits per heavy atom. The maximum Gasteiger partial charge on any atom is 0.326 e. The zero-order valence-corrected chi connectivity index (χ0v) is 25.3. The zero-order chi connectivity index (χ0) is 30.6. The summed E-state index contributed by atoms with van der Waals surface area (Å²) in [6.07, 6.45) is 10.5. The third kappa shape index (κ3) is 9.21. The van der Waals surface area contributed by atoms with E-state index in [1.165, 1.54) is 5.56 Å². The number of fused-ring (bicyclic) bond motifs is 1. The van der Waals surface area contributed by atoms with E-state index in [0.29, 0.717) is 31.9 Å². The number of anilines is 2. The summed E-state index contributed by atoms with van der Waals surface area (Å²) in [6, 6.07) is 17.2. The van der Waals surface area contributed by atoms with Crippen LogP contribution >= 0.6 is 0 Å². The quantitative estimate of drug-likeness (QED) is 0.148. The first kappa shape index (κ1) is 30.9. The number of unbranched alkanes of at least 4 members (excludes halogenated alkanes) is 1. The van der Waals surface area contributed by atoms with E-state index in [1.54, 1.807) is 18.6 Å². The molecule has 0 aliphatic carbocycles. The zero-order valence-electron chi connectivity index (χ0n) is 25.3. The van der Waals surface area contributed by atoms with Gasteiger partial charge in [-0.3, -0.25) is 14.9 Å². The number of pyridine rings is 2. The third-order valence-corrected chi connectivity index (χ3v) is 7.75. The molecule has 1 aromatic carbocycles. The molecule has 0 fully saturated rings. The van der Waals surface area contributed by atoms with Gasteiger partial charge >= 0.3 is 5.97 Å². The van der Waals surface area contributed by atoms with Gasteiger partial charge in [0.1, 0.15) is 30.0 Å². The summed E-state index contributed by atoms with van der Waals surface area (Å²) in [4.78, 5) is 32.5. The molecular formula is C34H41N7O3. The Bertz CT molecular complexity index is 1470. The van der Waals surface area contributed by atoms with Crippen molar-refractivity contribution in [2.45, 2.75) is 51.5 Å². The Morgan fingerprint density at radius 3 is 2.66 bits per heavy atom. The molecule has 5 rings (SSSR count). The molecule has 1 aliphatic heterocycles. The Labute approximate surface area is 259 Å². The van der Waals surface area contributed by atoms with E-state index in [0.717, 1.165) is 79.4 Å². The summed E-state index contributed by atoms with van der Waals surface area (Å²) in [6.45, 7) is 5.51. The van der Waals surface area contributed by atoms with E-state index in [9.17, 15) is 9.90 Å². The van der Waals surface area contributed by atoms with Crippen molar-refractivity contribution < 1.29 is 14.6 Å². The highest BCUT2D eigenvalue weighted by molar-refractivity contribution is 5.76. The highest BCUT2D eigenvalue weighted by Gasteiger charge is 2.20. The summed E-state index contributed by atoms with van der Waals surface area (Å²) in [5.74, 6) is 1.27. The second kappa shape index (κ2) is 15.8. The van der Waals surface area contributed by atoms with E-state index in [4.69, 9.17) is 9.72 Å². The summed E-state index contributed by atoms with van der Waals surface area (Å²) >= 11 is 0. The first-order valence-corrected chi connectivity index (χ1v) is 15.4. The molecule has 230 valence electrons. The van der Waals surface area contributed by atoms with Crippen molar-refractivity contribution >= 4 is 17.6 Å². The van der Waals surface area contributed by atoms with Gasteiger partial charge < -0.3 is 20.5 Å². The van der Waals surface area contributed by atoms with Crippen LogP contribution in [0.1, 0.15) is 42.6 Å². The monoisotopic (exact) mass is 595 g/mol. The minimum absolute atomic E-state index is 0.404. The molecular weight excluding hydrogens is 554 g/mol. The van der Waals surface area contributed by atoms with Gasteiger partial charge in [0.15, 0.2) is 0 Å². The number of hydrogen-bond donors (Lipinski definition) is 3. The van der Waals surface area contributed by atoms with E-state index in [2.05, 4.69) is 42.6 Å². The van der Waals surface area contributed by atoms with Crippen LogP contribution in [0.4, 0.5) is 11.6 Å². The summed E-state index contributed by atoms with van der Waals surface area (Å²) in [7, 11) is 0. The molecule has 44 heavy (non-hydrogen) atoms. The topological polar surface area (TPSA) is 125 Å². The van der Waals surface area contributed by atoms with Gasteiger partial charge in [-0.25, -0.2) is 14.8 Å². The number of hydrogen-bond acceptors (Lipinski definition) is 9. The lowest BCUT2D eigenvalue weighted by Crippen LogP contribution is -2.37. The fourth-order valence-corrected chi connectivity index (χ4v) is 5.23. The van der Waals surface area contributed by atoms with Crippen LogP contribution in [-0.4, -0.2) is 74.7 Å². The van der Waals surface area contributed by atoms with E-state index >= 15 is 0 Å². The average molecular weight is 596 g/mol. The van der Waals surface area contributed by atoms with E-state index < -0.39 is 12.0 Å².